The van der Waals surface area contributed by atoms with Crippen LogP contribution in [0.5, 0.6) is 0 Å². The Labute approximate surface area is 155 Å². The first-order valence-corrected chi connectivity index (χ1v) is 8.62. The van der Waals surface area contributed by atoms with Crippen LogP contribution in [0.3, 0.4) is 0 Å². The third kappa shape index (κ3) is 3.23. The number of aromatic amines is 1. The number of amides is 1. The van der Waals surface area contributed by atoms with Gasteiger partial charge in [0.2, 0.25) is 0 Å². The molecule has 1 unspecified atom stereocenters. The lowest BCUT2D eigenvalue weighted by molar-refractivity contribution is -0.115. The van der Waals surface area contributed by atoms with Crippen molar-refractivity contribution >= 4 is 40.5 Å². The summed E-state index contributed by atoms with van der Waals surface area (Å²) in [4.78, 5) is 28.4. The zero-order valence-electron chi connectivity index (χ0n) is 14.0. The van der Waals surface area contributed by atoms with Crippen molar-refractivity contribution in [3.05, 3.63) is 64.8 Å². The molecule has 0 spiro atoms. The van der Waals surface area contributed by atoms with Gasteiger partial charge < -0.3 is 10.3 Å². The highest BCUT2D eigenvalue weighted by Gasteiger charge is 2.24. The van der Waals surface area contributed by atoms with Crippen LogP contribution in [0.4, 0.5) is 0 Å². The molecule has 6 nitrogen and oxygen atoms in total. The molecule has 2 N–H and O–H groups in total. The number of pyridine rings is 2. The summed E-state index contributed by atoms with van der Waals surface area (Å²) in [6.07, 6.45) is 7.58. The van der Waals surface area contributed by atoms with Gasteiger partial charge in [-0.25, -0.2) is 9.98 Å². The number of nitrogens with zero attached hydrogens (tertiary/aromatic N) is 3. The van der Waals surface area contributed by atoms with E-state index in [1.807, 2.05) is 31.2 Å². The van der Waals surface area contributed by atoms with Gasteiger partial charge in [-0.15, -0.1) is 0 Å². The zero-order chi connectivity index (χ0) is 18.1. The molecule has 3 aromatic rings. The first kappa shape index (κ1) is 16.5. The Morgan fingerprint density at radius 1 is 1.31 bits per heavy atom. The van der Waals surface area contributed by atoms with Crippen molar-refractivity contribution in [3.63, 3.8) is 0 Å². The Bertz CT molecular complexity index is 1040. The number of halogens is 1. The fourth-order valence-corrected chi connectivity index (χ4v) is 3.07. The summed E-state index contributed by atoms with van der Waals surface area (Å²) in [5.74, 6) is 0.499. The molecule has 26 heavy (non-hydrogen) atoms. The van der Waals surface area contributed by atoms with E-state index in [0.29, 0.717) is 28.6 Å². The maximum absolute atomic E-state index is 12.3. The van der Waals surface area contributed by atoms with E-state index in [1.54, 1.807) is 24.7 Å². The number of fused-ring (bicyclic) bond motifs is 1. The van der Waals surface area contributed by atoms with Crippen molar-refractivity contribution < 1.29 is 4.79 Å². The van der Waals surface area contributed by atoms with E-state index in [4.69, 9.17) is 11.6 Å². The molecule has 4 rings (SSSR count). The molecule has 130 valence electrons. The summed E-state index contributed by atoms with van der Waals surface area (Å²) >= 11 is 6.02. The summed E-state index contributed by atoms with van der Waals surface area (Å²) in [6, 6.07) is 7.61. The molecule has 4 heterocycles. The van der Waals surface area contributed by atoms with Crippen molar-refractivity contribution in [1.82, 2.24) is 20.3 Å². The molecule has 0 fully saturated rings. The first-order chi connectivity index (χ1) is 12.6. The third-order valence-corrected chi connectivity index (χ3v) is 4.45. The smallest absolute Gasteiger partial charge is 0.275 e. The van der Waals surface area contributed by atoms with E-state index in [1.165, 1.54) is 0 Å². The number of carbonyl (C=O) groups is 1. The normalized spacial score (nSPS) is 16.8. The predicted molar refractivity (Wildman–Crippen MR) is 102 cm³/mol. The monoisotopic (exact) mass is 365 g/mol. The van der Waals surface area contributed by atoms with Crippen LogP contribution in [0.15, 0.2) is 53.5 Å². The first-order valence-electron chi connectivity index (χ1n) is 8.24. The van der Waals surface area contributed by atoms with Gasteiger partial charge in [-0.3, -0.25) is 9.78 Å². The summed E-state index contributed by atoms with van der Waals surface area (Å²) in [6.45, 7) is 2.02. The Morgan fingerprint density at radius 3 is 3.00 bits per heavy atom. The van der Waals surface area contributed by atoms with Crippen molar-refractivity contribution in [2.24, 2.45) is 10.9 Å². The standard InChI is InChI=1S/C19H16ClN5O/c1-11(6-14-4-2-3-5-21-14)17-24-16(19(26)25-17)7-12-9-22-18-15(12)8-13(20)10-23-18/h2-5,7-11H,6H2,1H3,(H,22,23)(H,24,25,26)/b16-7-. The maximum Gasteiger partial charge on any atom is 0.275 e. The molecule has 1 amide bonds. The summed E-state index contributed by atoms with van der Waals surface area (Å²) in [5, 5.41) is 4.25. The van der Waals surface area contributed by atoms with Crippen molar-refractivity contribution in [1.29, 1.82) is 0 Å². The largest absolute Gasteiger partial charge is 0.346 e. The number of nitrogens with one attached hydrogen (secondary N) is 2. The second kappa shape index (κ2) is 6.72. The van der Waals surface area contributed by atoms with Gasteiger partial charge in [-0.1, -0.05) is 24.6 Å². The number of H-pyrrole nitrogens is 1. The minimum Gasteiger partial charge on any atom is -0.346 e. The maximum atomic E-state index is 12.3. The minimum atomic E-state index is -0.211. The summed E-state index contributed by atoms with van der Waals surface area (Å²) in [5.41, 5.74) is 2.87. The number of aromatic nitrogens is 3. The van der Waals surface area contributed by atoms with Crippen LogP contribution in [0, 0.1) is 5.92 Å². The Kier molecular flexibility index (Phi) is 4.26. The highest BCUT2D eigenvalue weighted by molar-refractivity contribution is 6.31. The number of carbonyl (C=O) groups excluding carboxylic acids is 1. The molecule has 1 aliphatic rings. The van der Waals surface area contributed by atoms with Crippen LogP contribution in [0.1, 0.15) is 18.2 Å². The molecule has 0 aliphatic carbocycles. The minimum absolute atomic E-state index is 0.0545. The molecule has 0 saturated heterocycles. The average Bonchev–Trinajstić information content (AvgIpc) is 3.20. The Hall–Kier alpha value is -2.99. The van der Waals surface area contributed by atoms with Crippen LogP contribution in [0.2, 0.25) is 5.02 Å². The topological polar surface area (TPSA) is 83.0 Å². The predicted octanol–water partition coefficient (Wildman–Crippen LogP) is 3.36. The molecule has 0 saturated carbocycles. The molecule has 0 aromatic carbocycles. The van der Waals surface area contributed by atoms with Crippen LogP contribution in [-0.4, -0.2) is 26.7 Å². The quantitative estimate of drug-likeness (QED) is 0.695. The van der Waals surface area contributed by atoms with Gasteiger partial charge in [0.25, 0.3) is 5.91 Å². The molecule has 7 heteroatoms. The van der Waals surface area contributed by atoms with Gasteiger partial charge in [-0.2, -0.15) is 0 Å². The van der Waals surface area contributed by atoms with Gasteiger partial charge >= 0.3 is 0 Å². The van der Waals surface area contributed by atoms with E-state index in [-0.39, 0.29) is 11.8 Å². The zero-order valence-corrected chi connectivity index (χ0v) is 14.8. The second-order valence-corrected chi connectivity index (χ2v) is 6.64. The highest BCUT2D eigenvalue weighted by Crippen LogP contribution is 2.24. The summed E-state index contributed by atoms with van der Waals surface area (Å²) in [7, 11) is 0. The lowest BCUT2D eigenvalue weighted by atomic mass is 10.0. The van der Waals surface area contributed by atoms with Gasteiger partial charge in [0.1, 0.15) is 17.2 Å². The fraction of sp³-hybridized carbons (Fsp3) is 0.158. The van der Waals surface area contributed by atoms with Gasteiger partial charge in [-0.05, 0) is 30.7 Å². The van der Waals surface area contributed by atoms with E-state index >= 15 is 0 Å². The SMILES string of the molecule is CC(Cc1ccccn1)C1=N/C(=C\c2c[nH]c3ncc(Cl)cc23)C(=O)N1. The van der Waals surface area contributed by atoms with Gasteiger partial charge in [0, 0.05) is 41.2 Å². The van der Waals surface area contributed by atoms with Crippen molar-refractivity contribution in [2.45, 2.75) is 13.3 Å². The molecule has 0 radical (unpaired) electrons. The molecular weight excluding hydrogens is 350 g/mol. The number of hydrogen-bond acceptors (Lipinski definition) is 4. The van der Waals surface area contributed by atoms with E-state index < -0.39 is 0 Å². The van der Waals surface area contributed by atoms with E-state index in [2.05, 4.69) is 25.3 Å². The number of amidine groups is 1. The van der Waals surface area contributed by atoms with Gasteiger partial charge in [0.05, 0.1) is 5.02 Å². The second-order valence-electron chi connectivity index (χ2n) is 6.20. The lowest BCUT2D eigenvalue weighted by Gasteiger charge is -2.10. The van der Waals surface area contributed by atoms with Crippen LogP contribution >= 0.6 is 11.6 Å². The van der Waals surface area contributed by atoms with E-state index in [9.17, 15) is 4.79 Å². The van der Waals surface area contributed by atoms with Gasteiger partial charge in [0.15, 0.2) is 0 Å². The van der Waals surface area contributed by atoms with E-state index in [0.717, 1.165) is 16.6 Å². The Morgan fingerprint density at radius 2 is 2.19 bits per heavy atom. The molecule has 0 bridgehead atoms. The van der Waals surface area contributed by atoms with Crippen LogP contribution in [-0.2, 0) is 11.2 Å². The van der Waals surface area contributed by atoms with Crippen LogP contribution < -0.4 is 5.32 Å². The van der Waals surface area contributed by atoms with Crippen molar-refractivity contribution in [2.75, 3.05) is 0 Å². The molecule has 1 atom stereocenters. The third-order valence-electron chi connectivity index (χ3n) is 4.25. The average molecular weight is 366 g/mol. The summed E-state index contributed by atoms with van der Waals surface area (Å²) < 4.78 is 0. The van der Waals surface area contributed by atoms with Crippen molar-refractivity contribution in [3.8, 4) is 0 Å². The highest BCUT2D eigenvalue weighted by atomic mass is 35.5. The number of hydrogen-bond donors (Lipinski definition) is 2. The number of aliphatic imine (C=N–C) groups is 1. The fourth-order valence-electron chi connectivity index (χ4n) is 2.91. The lowest BCUT2D eigenvalue weighted by Crippen LogP contribution is -2.30. The van der Waals surface area contributed by atoms with Crippen LogP contribution in [0.25, 0.3) is 17.1 Å². The Balaban J connectivity index is 1.61. The molecule has 3 aromatic heterocycles. The number of rotatable bonds is 4. The molecule has 1 aliphatic heterocycles. The molecular formula is C19H16ClN5O.